The summed E-state index contributed by atoms with van der Waals surface area (Å²) in [5.74, 6) is -0.635. The van der Waals surface area contributed by atoms with Gasteiger partial charge in [0, 0.05) is 18.3 Å². The second kappa shape index (κ2) is 7.03. The topological polar surface area (TPSA) is 91.3 Å². The molecule has 0 radical (unpaired) electrons. The van der Waals surface area contributed by atoms with Crippen molar-refractivity contribution in [3.8, 4) is 11.1 Å². The summed E-state index contributed by atoms with van der Waals surface area (Å²) in [7, 11) is 0. The highest BCUT2D eigenvalue weighted by Crippen LogP contribution is 2.38. The maximum absolute atomic E-state index is 13.7. The normalized spacial score (nSPS) is 17.0. The predicted octanol–water partition coefficient (Wildman–Crippen LogP) is 2.11. The number of aromatic nitrogens is 3. The zero-order valence-corrected chi connectivity index (χ0v) is 15.4. The van der Waals surface area contributed by atoms with Crippen molar-refractivity contribution in [3.63, 3.8) is 0 Å². The lowest BCUT2D eigenvalue weighted by molar-refractivity contribution is -0.140. The number of H-pyrrole nitrogens is 1. The van der Waals surface area contributed by atoms with E-state index in [1.165, 1.54) is 19.1 Å². The Labute approximate surface area is 162 Å². The highest BCUT2D eigenvalue weighted by molar-refractivity contribution is 5.95. The third kappa shape index (κ3) is 3.39. The summed E-state index contributed by atoms with van der Waals surface area (Å²) in [6.07, 6.45) is -4.06. The van der Waals surface area contributed by atoms with Gasteiger partial charge in [0.05, 0.1) is 5.56 Å². The number of rotatable bonds is 3. The second-order valence-electron chi connectivity index (χ2n) is 6.94. The first-order chi connectivity index (χ1) is 13.8. The van der Waals surface area contributed by atoms with Gasteiger partial charge in [-0.05, 0) is 25.5 Å². The van der Waals surface area contributed by atoms with Gasteiger partial charge in [-0.1, -0.05) is 30.3 Å². The number of hydrogen-bond acceptors (Lipinski definition) is 4. The number of aromatic amines is 1. The maximum Gasteiger partial charge on any atom is 0.435 e. The van der Waals surface area contributed by atoms with Crippen molar-refractivity contribution >= 4 is 11.6 Å². The van der Waals surface area contributed by atoms with E-state index in [2.05, 4.69) is 20.7 Å². The van der Waals surface area contributed by atoms with Gasteiger partial charge in [-0.3, -0.25) is 9.59 Å². The largest absolute Gasteiger partial charge is 0.435 e. The number of hydrogen-bond donors (Lipinski definition) is 3. The molecule has 3 N–H and O–H groups in total. The molecule has 1 saturated heterocycles. The van der Waals surface area contributed by atoms with Gasteiger partial charge in [0.2, 0.25) is 0 Å². The number of halogens is 3. The minimum atomic E-state index is -4.77. The number of alkyl halides is 3. The van der Waals surface area contributed by atoms with Crippen LogP contribution in [0.25, 0.3) is 16.8 Å². The van der Waals surface area contributed by atoms with Crippen molar-refractivity contribution in [2.24, 2.45) is 0 Å². The molecule has 10 heteroatoms. The van der Waals surface area contributed by atoms with E-state index in [9.17, 15) is 22.8 Å². The van der Waals surface area contributed by atoms with E-state index in [4.69, 9.17) is 0 Å². The molecule has 1 amide bonds. The van der Waals surface area contributed by atoms with Gasteiger partial charge in [0.25, 0.3) is 11.5 Å². The molecule has 0 aliphatic carbocycles. The van der Waals surface area contributed by atoms with E-state index < -0.39 is 23.3 Å². The molecule has 152 valence electrons. The van der Waals surface area contributed by atoms with E-state index >= 15 is 0 Å². The molecule has 3 heterocycles. The van der Waals surface area contributed by atoms with Crippen LogP contribution in [0.3, 0.4) is 0 Å². The van der Waals surface area contributed by atoms with Crippen LogP contribution in [0.1, 0.15) is 28.2 Å². The number of nitrogens with one attached hydrogen (secondary N) is 3. The maximum atomic E-state index is 13.7. The number of amides is 1. The lowest BCUT2D eigenvalue weighted by atomic mass is 10.1. The quantitative estimate of drug-likeness (QED) is 0.623. The Morgan fingerprint density at radius 3 is 2.62 bits per heavy atom. The molecule has 1 aliphatic rings. The molecular formula is C19H18F3N5O2. The molecule has 0 unspecified atom stereocenters. The molecule has 1 aliphatic heterocycles. The number of carbonyl (C=O) groups excluding carboxylic acids is 1. The smallest absolute Gasteiger partial charge is 0.348 e. The van der Waals surface area contributed by atoms with Crippen molar-refractivity contribution in [1.82, 2.24) is 25.2 Å². The van der Waals surface area contributed by atoms with Crippen LogP contribution in [0.5, 0.6) is 0 Å². The Morgan fingerprint density at radius 1 is 1.28 bits per heavy atom. The molecule has 0 bridgehead atoms. The lowest BCUT2D eigenvalue weighted by Crippen LogP contribution is -2.40. The number of benzene rings is 1. The van der Waals surface area contributed by atoms with Crippen molar-refractivity contribution in [3.05, 3.63) is 57.6 Å². The third-order valence-corrected chi connectivity index (χ3v) is 4.93. The fourth-order valence-electron chi connectivity index (χ4n) is 3.57. The highest BCUT2D eigenvalue weighted by Gasteiger charge is 2.39. The molecule has 29 heavy (non-hydrogen) atoms. The summed E-state index contributed by atoms with van der Waals surface area (Å²) in [5, 5.41) is 9.36. The van der Waals surface area contributed by atoms with Gasteiger partial charge in [0.1, 0.15) is 11.2 Å². The van der Waals surface area contributed by atoms with Gasteiger partial charge in [0.15, 0.2) is 5.69 Å². The summed E-state index contributed by atoms with van der Waals surface area (Å²) in [5.41, 5.74) is -2.23. The fraction of sp³-hybridized carbons (Fsp3) is 0.316. The number of fused-ring (bicyclic) bond motifs is 1. The molecule has 7 nitrogen and oxygen atoms in total. The van der Waals surface area contributed by atoms with Crippen LogP contribution in [0.2, 0.25) is 0 Å². The lowest BCUT2D eigenvalue weighted by Gasteiger charge is -2.12. The monoisotopic (exact) mass is 405 g/mol. The number of carbonyl (C=O) groups is 1. The number of nitrogens with zero attached hydrogens (tertiary/aromatic N) is 2. The Morgan fingerprint density at radius 2 is 2.00 bits per heavy atom. The van der Waals surface area contributed by atoms with Crippen LogP contribution in [0, 0.1) is 6.92 Å². The van der Waals surface area contributed by atoms with Crippen LogP contribution < -0.4 is 16.2 Å². The van der Waals surface area contributed by atoms with Crippen molar-refractivity contribution in [1.29, 1.82) is 0 Å². The van der Waals surface area contributed by atoms with Gasteiger partial charge in [-0.15, -0.1) is 0 Å². The Balaban J connectivity index is 1.91. The molecule has 4 rings (SSSR count). The zero-order chi connectivity index (χ0) is 20.8. The van der Waals surface area contributed by atoms with Crippen molar-refractivity contribution in [2.45, 2.75) is 25.6 Å². The van der Waals surface area contributed by atoms with E-state index in [0.29, 0.717) is 17.5 Å². The van der Waals surface area contributed by atoms with Crippen LogP contribution >= 0.6 is 0 Å². The molecule has 2 aromatic heterocycles. The fourth-order valence-corrected chi connectivity index (χ4v) is 3.57. The van der Waals surface area contributed by atoms with Crippen LogP contribution in [-0.4, -0.2) is 39.6 Å². The van der Waals surface area contributed by atoms with E-state index in [-0.39, 0.29) is 34.1 Å². The summed E-state index contributed by atoms with van der Waals surface area (Å²) in [6.45, 7) is 2.80. The predicted molar refractivity (Wildman–Crippen MR) is 99.7 cm³/mol. The second-order valence-corrected chi connectivity index (χ2v) is 6.94. The molecule has 0 spiro atoms. The average Bonchev–Trinajstić information content (AvgIpc) is 3.29. The minimum Gasteiger partial charge on any atom is -0.348 e. The van der Waals surface area contributed by atoms with E-state index in [0.717, 1.165) is 6.54 Å². The summed E-state index contributed by atoms with van der Waals surface area (Å²) < 4.78 is 41.6. The Hall–Kier alpha value is -3.14. The summed E-state index contributed by atoms with van der Waals surface area (Å²) in [4.78, 5) is 28.3. The number of aryl methyl sites for hydroxylation is 1. The zero-order valence-electron chi connectivity index (χ0n) is 15.4. The van der Waals surface area contributed by atoms with Crippen LogP contribution in [0.4, 0.5) is 13.2 Å². The molecule has 3 aromatic rings. The molecule has 1 fully saturated rings. The SMILES string of the molecule is Cc1[nH]c2c(-c3ccccc3)c(C(F)(F)F)nn2c(=O)c1C(=O)N[C@H]1CCNC1. The first kappa shape index (κ1) is 19.2. The first-order valence-electron chi connectivity index (χ1n) is 9.07. The average molecular weight is 405 g/mol. The summed E-state index contributed by atoms with van der Waals surface area (Å²) >= 11 is 0. The molecule has 0 saturated carbocycles. The van der Waals surface area contributed by atoms with Gasteiger partial charge < -0.3 is 15.6 Å². The van der Waals surface area contributed by atoms with Gasteiger partial charge in [-0.2, -0.15) is 22.8 Å². The Bertz CT molecular complexity index is 1130. The van der Waals surface area contributed by atoms with Crippen LogP contribution in [-0.2, 0) is 6.18 Å². The van der Waals surface area contributed by atoms with Crippen molar-refractivity contribution < 1.29 is 18.0 Å². The Kier molecular flexibility index (Phi) is 4.65. The third-order valence-electron chi connectivity index (χ3n) is 4.93. The standard InChI is InChI=1S/C19H18F3N5O2/c1-10-13(17(28)25-12-7-8-23-9-12)18(29)27-16(24-10)14(11-5-3-2-4-6-11)15(26-27)19(20,21)22/h2-6,12,23-24H,7-9H2,1H3,(H,25,28)/t12-/m0/s1. The van der Waals surface area contributed by atoms with E-state index in [1.807, 2.05) is 0 Å². The molecule has 1 atom stereocenters. The highest BCUT2D eigenvalue weighted by atomic mass is 19.4. The summed E-state index contributed by atoms with van der Waals surface area (Å²) in [6, 6.07) is 7.75. The van der Waals surface area contributed by atoms with Gasteiger partial charge >= 0.3 is 6.18 Å². The molecule has 1 aromatic carbocycles. The molecular weight excluding hydrogens is 387 g/mol. The first-order valence-corrected chi connectivity index (χ1v) is 9.07. The van der Waals surface area contributed by atoms with E-state index in [1.54, 1.807) is 18.2 Å². The minimum absolute atomic E-state index is 0.106. The van der Waals surface area contributed by atoms with Crippen molar-refractivity contribution in [2.75, 3.05) is 13.1 Å². The van der Waals surface area contributed by atoms with Crippen LogP contribution in [0.15, 0.2) is 35.1 Å². The van der Waals surface area contributed by atoms with Gasteiger partial charge in [-0.25, -0.2) is 0 Å².